The van der Waals surface area contributed by atoms with Gasteiger partial charge in [-0.1, -0.05) is 42.0 Å². The van der Waals surface area contributed by atoms with Crippen molar-refractivity contribution >= 4 is 5.91 Å². The van der Waals surface area contributed by atoms with Crippen LogP contribution < -0.4 is 5.32 Å². The summed E-state index contributed by atoms with van der Waals surface area (Å²) >= 11 is 0. The van der Waals surface area contributed by atoms with Crippen LogP contribution in [-0.4, -0.2) is 19.6 Å². The Bertz CT molecular complexity index is 684. The molecule has 0 bridgehead atoms. The van der Waals surface area contributed by atoms with Gasteiger partial charge in [-0.3, -0.25) is 4.79 Å². The summed E-state index contributed by atoms with van der Waals surface area (Å²) in [7, 11) is 1.67. The Kier molecular flexibility index (Phi) is 5.56. The molecule has 2 rings (SSSR count). The van der Waals surface area contributed by atoms with Gasteiger partial charge < -0.3 is 10.1 Å². The van der Waals surface area contributed by atoms with Gasteiger partial charge in [0.2, 0.25) is 0 Å². The lowest BCUT2D eigenvalue weighted by molar-refractivity contribution is 0.0825. The van der Waals surface area contributed by atoms with Crippen molar-refractivity contribution in [2.24, 2.45) is 0 Å². The largest absolute Gasteiger partial charge is 0.375 e. The number of aryl methyl sites for hydroxylation is 4. The lowest BCUT2D eigenvalue weighted by Crippen LogP contribution is -2.30. The van der Waals surface area contributed by atoms with E-state index in [0.717, 1.165) is 27.8 Å². The van der Waals surface area contributed by atoms with E-state index in [0.29, 0.717) is 6.54 Å². The van der Waals surface area contributed by atoms with Crippen LogP contribution in [0.4, 0.5) is 0 Å². The fourth-order valence-electron chi connectivity index (χ4n) is 3.08. The minimum atomic E-state index is -0.147. The number of carbonyl (C=O) groups excluding carboxylic acids is 1. The predicted molar refractivity (Wildman–Crippen MR) is 93.9 cm³/mol. The van der Waals surface area contributed by atoms with Crippen LogP contribution in [0, 0.1) is 27.7 Å². The quantitative estimate of drug-likeness (QED) is 0.905. The molecule has 1 atom stereocenters. The molecule has 2 aromatic carbocycles. The smallest absolute Gasteiger partial charge is 0.251 e. The molecule has 0 radical (unpaired) electrons. The Morgan fingerprint density at radius 1 is 1.04 bits per heavy atom. The van der Waals surface area contributed by atoms with Crippen molar-refractivity contribution in [1.82, 2.24) is 5.32 Å². The van der Waals surface area contributed by atoms with Crippen LogP contribution in [0.5, 0.6) is 0 Å². The van der Waals surface area contributed by atoms with Crippen LogP contribution in [0.15, 0.2) is 36.4 Å². The highest BCUT2D eigenvalue weighted by molar-refractivity contribution is 5.97. The normalized spacial score (nSPS) is 12.0. The van der Waals surface area contributed by atoms with Gasteiger partial charge in [0.25, 0.3) is 5.91 Å². The fourth-order valence-corrected chi connectivity index (χ4v) is 3.08. The standard InChI is InChI=1S/C20H25NO2/c1-13-10-15(3)19(16(4)11-13)20(22)21-12-18(23-5)17-9-7-6-8-14(17)2/h6-11,18H,12H2,1-5H3,(H,21,22). The molecular formula is C20H25NO2. The molecule has 2 aromatic rings. The fraction of sp³-hybridized carbons (Fsp3) is 0.350. The van der Waals surface area contributed by atoms with Gasteiger partial charge in [0.1, 0.15) is 0 Å². The maximum atomic E-state index is 12.6. The second-order valence-corrected chi connectivity index (χ2v) is 6.06. The number of amides is 1. The van der Waals surface area contributed by atoms with Gasteiger partial charge in [-0.05, 0) is 49.9 Å². The number of carbonyl (C=O) groups is 1. The summed E-state index contributed by atoms with van der Waals surface area (Å²) in [6.07, 6.45) is -0.147. The maximum Gasteiger partial charge on any atom is 0.251 e. The molecule has 0 spiro atoms. The second-order valence-electron chi connectivity index (χ2n) is 6.06. The van der Waals surface area contributed by atoms with Crippen LogP contribution in [0.3, 0.4) is 0 Å². The van der Waals surface area contributed by atoms with E-state index >= 15 is 0 Å². The molecule has 0 aromatic heterocycles. The average Bonchev–Trinajstić information content (AvgIpc) is 2.48. The molecule has 0 saturated heterocycles. The monoisotopic (exact) mass is 311 g/mol. The molecule has 23 heavy (non-hydrogen) atoms. The summed E-state index contributed by atoms with van der Waals surface area (Å²) in [4.78, 5) is 12.6. The first-order chi connectivity index (χ1) is 10.9. The minimum absolute atomic E-state index is 0.0457. The molecule has 122 valence electrons. The molecule has 3 heteroatoms. The predicted octanol–water partition coefficient (Wildman–Crippen LogP) is 4.04. The van der Waals surface area contributed by atoms with Crippen molar-refractivity contribution in [2.45, 2.75) is 33.8 Å². The summed E-state index contributed by atoms with van der Waals surface area (Å²) in [5, 5.41) is 3.01. The lowest BCUT2D eigenvalue weighted by atomic mass is 9.99. The molecular weight excluding hydrogens is 286 g/mol. The van der Waals surface area contributed by atoms with Crippen molar-refractivity contribution in [3.63, 3.8) is 0 Å². The summed E-state index contributed by atoms with van der Waals surface area (Å²) in [5.41, 5.74) is 6.21. The highest BCUT2D eigenvalue weighted by Crippen LogP contribution is 2.20. The van der Waals surface area contributed by atoms with E-state index in [4.69, 9.17) is 4.74 Å². The van der Waals surface area contributed by atoms with Gasteiger partial charge in [0, 0.05) is 19.2 Å². The zero-order valence-electron chi connectivity index (χ0n) is 14.6. The zero-order valence-corrected chi connectivity index (χ0v) is 14.6. The number of nitrogens with one attached hydrogen (secondary N) is 1. The van der Waals surface area contributed by atoms with Crippen LogP contribution >= 0.6 is 0 Å². The van der Waals surface area contributed by atoms with E-state index in [1.165, 1.54) is 5.56 Å². The van der Waals surface area contributed by atoms with Gasteiger partial charge in [-0.25, -0.2) is 0 Å². The van der Waals surface area contributed by atoms with Crippen LogP contribution in [-0.2, 0) is 4.74 Å². The SMILES string of the molecule is COC(CNC(=O)c1c(C)cc(C)cc1C)c1ccccc1C. The number of ether oxygens (including phenoxy) is 1. The first-order valence-corrected chi connectivity index (χ1v) is 7.88. The molecule has 0 heterocycles. The zero-order chi connectivity index (χ0) is 17.0. The van der Waals surface area contributed by atoms with Crippen molar-refractivity contribution in [3.05, 3.63) is 69.8 Å². The number of hydrogen-bond donors (Lipinski definition) is 1. The van der Waals surface area contributed by atoms with Gasteiger partial charge in [0.05, 0.1) is 6.10 Å². The van der Waals surface area contributed by atoms with Gasteiger partial charge >= 0.3 is 0 Å². The highest BCUT2D eigenvalue weighted by atomic mass is 16.5. The Morgan fingerprint density at radius 2 is 1.65 bits per heavy atom. The van der Waals surface area contributed by atoms with Gasteiger partial charge in [-0.15, -0.1) is 0 Å². The Hall–Kier alpha value is -2.13. The molecule has 1 unspecified atom stereocenters. The van der Waals surface area contributed by atoms with Gasteiger partial charge in [-0.2, -0.15) is 0 Å². The topological polar surface area (TPSA) is 38.3 Å². The van der Waals surface area contributed by atoms with Crippen LogP contribution in [0.2, 0.25) is 0 Å². The Labute approximate surface area is 138 Å². The third-order valence-electron chi connectivity index (χ3n) is 4.17. The first-order valence-electron chi connectivity index (χ1n) is 7.88. The molecule has 1 amide bonds. The Morgan fingerprint density at radius 3 is 2.22 bits per heavy atom. The summed E-state index contributed by atoms with van der Waals surface area (Å²) in [6, 6.07) is 12.2. The first kappa shape index (κ1) is 17.2. The van der Waals surface area contributed by atoms with E-state index in [-0.39, 0.29) is 12.0 Å². The molecule has 0 aliphatic heterocycles. The molecule has 0 aliphatic carbocycles. The van der Waals surface area contributed by atoms with Crippen molar-refractivity contribution in [2.75, 3.05) is 13.7 Å². The van der Waals surface area contributed by atoms with E-state index in [1.54, 1.807) is 7.11 Å². The average molecular weight is 311 g/mol. The maximum absolute atomic E-state index is 12.6. The van der Waals surface area contributed by atoms with E-state index in [1.807, 2.05) is 51.1 Å². The van der Waals surface area contributed by atoms with Gasteiger partial charge in [0.15, 0.2) is 0 Å². The van der Waals surface area contributed by atoms with E-state index in [2.05, 4.69) is 18.3 Å². The summed E-state index contributed by atoms with van der Waals surface area (Å²) in [5.74, 6) is -0.0457. The Balaban J connectivity index is 2.14. The van der Waals surface area contributed by atoms with E-state index < -0.39 is 0 Å². The third-order valence-corrected chi connectivity index (χ3v) is 4.17. The number of hydrogen-bond acceptors (Lipinski definition) is 2. The number of methoxy groups -OCH3 is 1. The highest BCUT2D eigenvalue weighted by Gasteiger charge is 2.17. The number of benzene rings is 2. The minimum Gasteiger partial charge on any atom is -0.375 e. The van der Waals surface area contributed by atoms with Crippen LogP contribution in [0.1, 0.15) is 44.3 Å². The van der Waals surface area contributed by atoms with Crippen LogP contribution in [0.25, 0.3) is 0 Å². The molecule has 0 saturated carbocycles. The molecule has 1 N–H and O–H groups in total. The number of rotatable bonds is 5. The summed E-state index contributed by atoms with van der Waals surface area (Å²) < 4.78 is 5.57. The van der Waals surface area contributed by atoms with Crippen molar-refractivity contribution in [3.8, 4) is 0 Å². The molecule has 0 fully saturated rings. The molecule has 0 aliphatic rings. The van der Waals surface area contributed by atoms with E-state index in [9.17, 15) is 4.79 Å². The third kappa shape index (κ3) is 3.99. The second kappa shape index (κ2) is 7.42. The van der Waals surface area contributed by atoms with Crippen molar-refractivity contribution in [1.29, 1.82) is 0 Å². The van der Waals surface area contributed by atoms with Crippen molar-refractivity contribution < 1.29 is 9.53 Å². The molecule has 3 nitrogen and oxygen atoms in total. The summed E-state index contributed by atoms with van der Waals surface area (Å²) in [6.45, 7) is 8.50. The lowest BCUT2D eigenvalue weighted by Gasteiger charge is -2.19.